The molecule has 0 bridgehead atoms. The number of hydrogen-bond donors (Lipinski definition) is 0. The number of ether oxygens (including phenoxy) is 1. The quantitative estimate of drug-likeness (QED) is 0.459. The molecule has 0 radical (unpaired) electrons. The molecular formula is C7H10N2O. The van der Waals surface area contributed by atoms with Gasteiger partial charge in [-0.2, -0.15) is 0 Å². The molecule has 0 saturated carbocycles. The maximum Gasteiger partial charge on any atom is 0.124 e. The van der Waals surface area contributed by atoms with Gasteiger partial charge in [-0.1, -0.05) is 6.08 Å². The Bertz CT molecular complexity index is 181. The van der Waals surface area contributed by atoms with E-state index in [9.17, 15) is 0 Å². The van der Waals surface area contributed by atoms with Crippen LogP contribution < -0.4 is 0 Å². The standard InChI is InChI=1S/C7H10N2O/c1-2-5-10-7-9-4-3-8-6-9/h2-4,6H,1,5,7H2. The summed E-state index contributed by atoms with van der Waals surface area (Å²) < 4.78 is 6.98. The zero-order chi connectivity index (χ0) is 7.23. The molecule has 0 aromatic carbocycles. The molecule has 0 atom stereocenters. The molecule has 10 heavy (non-hydrogen) atoms. The number of hydrogen-bond acceptors (Lipinski definition) is 2. The van der Waals surface area contributed by atoms with E-state index in [1.165, 1.54) is 0 Å². The van der Waals surface area contributed by atoms with E-state index in [-0.39, 0.29) is 0 Å². The zero-order valence-electron chi connectivity index (χ0n) is 5.73. The van der Waals surface area contributed by atoms with Gasteiger partial charge in [-0.25, -0.2) is 4.98 Å². The summed E-state index contributed by atoms with van der Waals surface area (Å²) in [5.41, 5.74) is 0. The van der Waals surface area contributed by atoms with Gasteiger partial charge in [0, 0.05) is 12.4 Å². The van der Waals surface area contributed by atoms with Gasteiger partial charge in [0.05, 0.1) is 12.9 Å². The van der Waals surface area contributed by atoms with Crippen LogP contribution in [0.5, 0.6) is 0 Å². The van der Waals surface area contributed by atoms with Crippen molar-refractivity contribution in [2.45, 2.75) is 6.73 Å². The topological polar surface area (TPSA) is 27.1 Å². The molecule has 0 spiro atoms. The number of aromatic nitrogens is 2. The third-order valence-electron chi connectivity index (χ3n) is 1.04. The summed E-state index contributed by atoms with van der Waals surface area (Å²) in [7, 11) is 0. The van der Waals surface area contributed by atoms with E-state index in [2.05, 4.69) is 11.6 Å². The van der Waals surface area contributed by atoms with E-state index in [0.29, 0.717) is 13.3 Å². The van der Waals surface area contributed by atoms with Crippen molar-refractivity contribution in [1.82, 2.24) is 9.55 Å². The smallest absolute Gasteiger partial charge is 0.124 e. The van der Waals surface area contributed by atoms with E-state index >= 15 is 0 Å². The van der Waals surface area contributed by atoms with E-state index in [1.807, 2.05) is 10.8 Å². The Kier molecular flexibility index (Phi) is 2.70. The van der Waals surface area contributed by atoms with Crippen LogP contribution in [0.1, 0.15) is 0 Å². The predicted molar refractivity (Wildman–Crippen MR) is 38.4 cm³/mol. The lowest BCUT2D eigenvalue weighted by atomic mass is 10.7. The second-order valence-corrected chi connectivity index (χ2v) is 1.87. The summed E-state index contributed by atoms with van der Waals surface area (Å²) in [6.45, 7) is 4.66. The van der Waals surface area contributed by atoms with Crippen LogP contribution in [0.25, 0.3) is 0 Å². The first-order valence-corrected chi connectivity index (χ1v) is 3.08. The second-order valence-electron chi connectivity index (χ2n) is 1.87. The molecule has 0 aliphatic heterocycles. The molecule has 1 aromatic heterocycles. The summed E-state index contributed by atoms with van der Waals surface area (Å²) >= 11 is 0. The SMILES string of the molecule is C=CCOCn1ccnc1. The molecule has 0 saturated heterocycles. The first kappa shape index (κ1) is 7.02. The predicted octanol–water partition coefficient (Wildman–Crippen LogP) is 1.04. The molecule has 0 fully saturated rings. The Morgan fingerprint density at radius 3 is 3.20 bits per heavy atom. The number of nitrogens with zero attached hydrogens (tertiary/aromatic N) is 2. The van der Waals surface area contributed by atoms with Gasteiger partial charge in [0.2, 0.25) is 0 Å². The fourth-order valence-corrected chi connectivity index (χ4v) is 0.605. The molecule has 1 aromatic rings. The minimum Gasteiger partial charge on any atom is -0.357 e. The second kappa shape index (κ2) is 3.85. The summed E-state index contributed by atoms with van der Waals surface area (Å²) in [5, 5.41) is 0. The highest BCUT2D eigenvalue weighted by Gasteiger charge is 1.85. The highest BCUT2D eigenvalue weighted by atomic mass is 16.5. The Labute approximate surface area is 60.0 Å². The van der Waals surface area contributed by atoms with Crippen LogP contribution in [-0.4, -0.2) is 16.2 Å². The van der Waals surface area contributed by atoms with E-state index < -0.39 is 0 Å². The van der Waals surface area contributed by atoms with Crippen molar-refractivity contribution in [2.24, 2.45) is 0 Å². The Morgan fingerprint density at radius 2 is 2.60 bits per heavy atom. The van der Waals surface area contributed by atoms with Gasteiger partial charge in [0.25, 0.3) is 0 Å². The summed E-state index contributed by atoms with van der Waals surface area (Å²) in [4.78, 5) is 3.86. The van der Waals surface area contributed by atoms with Crippen LogP contribution in [0.15, 0.2) is 31.4 Å². The Morgan fingerprint density at radius 1 is 1.70 bits per heavy atom. The molecule has 1 heterocycles. The summed E-state index contributed by atoms with van der Waals surface area (Å²) in [6.07, 6.45) is 7.00. The fourth-order valence-electron chi connectivity index (χ4n) is 0.605. The van der Waals surface area contributed by atoms with Gasteiger partial charge >= 0.3 is 0 Å². The average Bonchev–Trinajstić information content (AvgIpc) is 2.41. The molecule has 0 aliphatic rings. The third kappa shape index (κ3) is 2.03. The normalized spacial score (nSPS) is 9.60. The Hall–Kier alpha value is -1.09. The maximum absolute atomic E-state index is 5.13. The molecule has 54 valence electrons. The summed E-state index contributed by atoms with van der Waals surface area (Å²) in [6, 6.07) is 0. The molecule has 0 amide bonds. The van der Waals surface area contributed by atoms with Crippen LogP contribution in [0.2, 0.25) is 0 Å². The fraction of sp³-hybridized carbons (Fsp3) is 0.286. The summed E-state index contributed by atoms with van der Waals surface area (Å²) in [5.74, 6) is 0. The van der Waals surface area contributed by atoms with Crippen LogP contribution in [0, 0.1) is 0 Å². The lowest BCUT2D eigenvalue weighted by molar-refractivity contribution is 0.100. The van der Waals surface area contributed by atoms with Crippen molar-refractivity contribution in [3.8, 4) is 0 Å². The third-order valence-corrected chi connectivity index (χ3v) is 1.04. The molecule has 1 rings (SSSR count). The number of rotatable bonds is 4. The van der Waals surface area contributed by atoms with Gasteiger partial charge in [-0.15, -0.1) is 6.58 Å². The van der Waals surface area contributed by atoms with Gasteiger partial charge < -0.3 is 9.30 Å². The van der Waals surface area contributed by atoms with Gasteiger partial charge in [-0.05, 0) is 0 Å². The minimum absolute atomic E-state index is 0.548. The van der Waals surface area contributed by atoms with Crippen molar-refractivity contribution in [1.29, 1.82) is 0 Å². The highest BCUT2D eigenvalue weighted by molar-refractivity contribution is 4.72. The molecular weight excluding hydrogens is 128 g/mol. The van der Waals surface area contributed by atoms with Crippen LogP contribution in [-0.2, 0) is 11.5 Å². The van der Waals surface area contributed by atoms with Crippen molar-refractivity contribution < 1.29 is 4.74 Å². The first-order chi connectivity index (χ1) is 4.93. The average molecular weight is 138 g/mol. The van der Waals surface area contributed by atoms with Crippen molar-refractivity contribution >= 4 is 0 Å². The van der Waals surface area contributed by atoms with Crippen LogP contribution in [0.4, 0.5) is 0 Å². The van der Waals surface area contributed by atoms with Crippen molar-refractivity contribution in [3.05, 3.63) is 31.4 Å². The van der Waals surface area contributed by atoms with Crippen molar-refractivity contribution in [3.63, 3.8) is 0 Å². The lowest BCUT2D eigenvalue weighted by Crippen LogP contribution is -1.99. The van der Waals surface area contributed by atoms with Crippen LogP contribution in [0.3, 0.4) is 0 Å². The van der Waals surface area contributed by atoms with Crippen molar-refractivity contribution in [2.75, 3.05) is 6.61 Å². The first-order valence-electron chi connectivity index (χ1n) is 3.08. The molecule has 0 unspecified atom stereocenters. The van der Waals surface area contributed by atoms with Gasteiger partial charge in [-0.3, -0.25) is 0 Å². The van der Waals surface area contributed by atoms with E-state index in [0.717, 1.165) is 0 Å². The molecule has 0 aliphatic carbocycles. The van der Waals surface area contributed by atoms with E-state index in [1.54, 1.807) is 18.6 Å². The Balaban J connectivity index is 2.21. The molecule has 0 N–H and O–H groups in total. The van der Waals surface area contributed by atoms with E-state index in [4.69, 9.17) is 4.74 Å². The highest BCUT2D eigenvalue weighted by Crippen LogP contribution is 1.86. The van der Waals surface area contributed by atoms with Gasteiger partial charge in [0.1, 0.15) is 6.73 Å². The monoisotopic (exact) mass is 138 g/mol. The van der Waals surface area contributed by atoms with Gasteiger partial charge in [0.15, 0.2) is 0 Å². The molecule has 3 nitrogen and oxygen atoms in total. The largest absolute Gasteiger partial charge is 0.357 e. The lowest BCUT2D eigenvalue weighted by Gasteiger charge is -1.99. The number of imidazole rings is 1. The molecule has 3 heteroatoms. The zero-order valence-corrected chi connectivity index (χ0v) is 5.73. The maximum atomic E-state index is 5.13. The van der Waals surface area contributed by atoms with Crippen LogP contribution >= 0.6 is 0 Å². The minimum atomic E-state index is 0.548.